The van der Waals surface area contributed by atoms with Crippen LogP contribution in [0.3, 0.4) is 0 Å². The summed E-state index contributed by atoms with van der Waals surface area (Å²) < 4.78 is 5.23. The van der Waals surface area contributed by atoms with E-state index < -0.39 is 5.97 Å². The molecule has 0 heterocycles. The largest absolute Gasteiger partial charge is 0.497 e. The van der Waals surface area contributed by atoms with Crippen LogP contribution in [0.5, 0.6) is 5.75 Å². The van der Waals surface area contributed by atoms with Gasteiger partial charge in [-0.25, -0.2) is 4.79 Å². The third-order valence-corrected chi connectivity index (χ3v) is 5.19. The van der Waals surface area contributed by atoms with Crippen LogP contribution in [0.25, 0.3) is 5.57 Å². The zero-order valence-corrected chi connectivity index (χ0v) is 16.0. The standard InChI is InChI=1S/C23H20O3S/c1-16-8-14-20(15-9-16)27-22(23(24)25)21(17-6-4-3-5-7-17)18-10-12-19(26-2)13-11-18/h3-15H,1-2H3,(H,24,25)/b22-21+. The second-order valence-corrected chi connectivity index (χ2v) is 7.10. The van der Waals surface area contributed by atoms with E-state index in [2.05, 4.69) is 0 Å². The Balaban J connectivity index is 2.16. The smallest absolute Gasteiger partial charge is 0.343 e. The van der Waals surface area contributed by atoms with E-state index in [1.165, 1.54) is 11.8 Å². The van der Waals surface area contributed by atoms with Gasteiger partial charge in [-0.1, -0.05) is 71.9 Å². The minimum atomic E-state index is -0.949. The molecule has 4 heteroatoms. The van der Waals surface area contributed by atoms with E-state index >= 15 is 0 Å². The van der Waals surface area contributed by atoms with Gasteiger partial charge in [0.15, 0.2) is 0 Å². The monoisotopic (exact) mass is 376 g/mol. The molecule has 0 aliphatic heterocycles. The summed E-state index contributed by atoms with van der Waals surface area (Å²) in [7, 11) is 1.61. The zero-order valence-electron chi connectivity index (χ0n) is 15.2. The molecular weight excluding hydrogens is 356 g/mol. The lowest BCUT2D eigenvalue weighted by Crippen LogP contribution is -2.03. The van der Waals surface area contributed by atoms with E-state index in [1.807, 2.05) is 85.8 Å². The topological polar surface area (TPSA) is 46.5 Å². The molecule has 0 aromatic heterocycles. The zero-order chi connectivity index (χ0) is 19.2. The number of hydrogen-bond donors (Lipinski definition) is 1. The first-order valence-corrected chi connectivity index (χ1v) is 9.32. The molecule has 0 amide bonds. The second kappa shape index (κ2) is 8.60. The summed E-state index contributed by atoms with van der Waals surface area (Å²) in [6.07, 6.45) is 0. The molecule has 0 aliphatic carbocycles. The fourth-order valence-corrected chi connectivity index (χ4v) is 3.65. The third-order valence-electron chi connectivity index (χ3n) is 4.10. The summed E-state index contributed by atoms with van der Waals surface area (Å²) in [5, 5.41) is 9.98. The summed E-state index contributed by atoms with van der Waals surface area (Å²) >= 11 is 1.26. The highest BCUT2D eigenvalue weighted by molar-refractivity contribution is 8.04. The molecule has 1 N–H and O–H groups in total. The van der Waals surface area contributed by atoms with Gasteiger partial charge in [0.1, 0.15) is 10.7 Å². The number of benzene rings is 3. The highest BCUT2D eigenvalue weighted by Crippen LogP contribution is 2.37. The van der Waals surface area contributed by atoms with Gasteiger partial charge in [-0.05, 0) is 42.3 Å². The molecule has 0 saturated heterocycles. The molecule has 27 heavy (non-hydrogen) atoms. The molecule has 0 saturated carbocycles. The van der Waals surface area contributed by atoms with Gasteiger partial charge in [0, 0.05) is 10.5 Å². The van der Waals surface area contributed by atoms with Gasteiger partial charge in [-0.3, -0.25) is 0 Å². The maximum atomic E-state index is 12.2. The number of carbonyl (C=O) groups is 1. The van der Waals surface area contributed by atoms with E-state index in [4.69, 9.17) is 4.74 Å². The van der Waals surface area contributed by atoms with Crippen molar-refractivity contribution in [2.24, 2.45) is 0 Å². The van der Waals surface area contributed by atoms with Crippen LogP contribution in [0, 0.1) is 6.92 Å². The van der Waals surface area contributed by atoms with Gasteiger partial charge < -0.3 is 9.84 Å². The minimum Gasteiger partial charge on any atom is -0.497 e. The van der Waals surface area contributed by atoms with Gasteiger partial charge in [0.05, 0.1) is 7.11 Å². The van der Waals surface area contributed by atoms with Crippen LogP contribution in [-0.2, 0) is 4.79 Å². The molecule has 136 valence electrons. The van der Waals surface area contributed by atoms with Crippen molar-refractivity contribution in [1.82, 2.24) is 0 Å². The van der Waals surface area contributed by atoms with Gasteiger partial charge in [-0.2, -0.15) is 0 Å². The average molecular weight is 376 g/mol. The van der Waals surface area contributed by atoms with Crippen molar-refractivity contribution >= 4 is 23.3 Å². The van der Waals surface area contributed by atoms with Crippen molar-refractivity contribution in [3.05, 3.63) is 100 Å². The molecule has 0 radical (unpaired) electrons. The first-order valence-electron chi connectivity index (χ1n) is 8.50. The molecule has 0 aliphatic rings. The van der Waals surface area contributed by atoms with E-state index in [9.17, 15) is 9.90 Å². The number of thioether (sulfide) groups is 1. The lowest BCUT2D eigenvalue weighted by atomic mass is 9.97. The van der Waals surface area contributed by atoms with Crippen LogP contribution >= 0.6 is 11.8 Å². The van der Waals surface area contributed by atoms with E-state index in [0.717, 1.165) is 27.3 Å². The van der Waals surface area contributed by atoms with Crippen LogP contribution in [0.2, 0.25) is 0 Å². The Bertz CT molecular complexity index is 943. The minimum absolute atomic E-state index is 0.287. The molecule has 0 atom stereocenters. The van der Waals surface area contributed by atoms with Gasteiger partial charge in [-0.15, -0.1) is 0 Å². The predicted octanol–water partition coefficient (Wildman–Crippen LogP) is 5.64. The molecule has 0 bridgehead atoms. The second-order valence-electron chi connectivity index (χ2n) is 6.02. The van der Waals surface area contributed by atoms with Crippen molar-refractivity contribution in [1.29, 1.82) is 0 Å². The highest BCUT2D eigenvalue weighted by Gasteiger charge is 2.19. The number of methoxy groups -OCH3 is 1. The number of carboxylic acid groups (broad SMARTS) is 1. The third kappa shape index (κ3) is 4.60. The molecule has 3 aromatic carbocycles. The van der Waals surface area contributed by atoms with Crippen LogP contribution < -0.4 is 4.74 Å². The van der Waals surface area contributed by atoms with Crippen LogP contribution in [0.4, 0.5) is 0 Å². The first kappa shape index (κ1) is 18.8. The van der Waals surface area contributed by atoms with Gasteiger partial charge in [0.2, 0.25) is 0 Å². The first-order chi connectivity index (χ1) is 13.1. The number of aryl methyl sites for hydroxylation is 1. The number of aliphatic carboxylic acids is 1. The molecule has 0 spiro atoms. The Morgan fingerprint density at radius 1 is 0.852 bits per heavy atom. The van der Waals surface area contributed by atoms with E-state index in [1.54, 1.807) is 7.11 Å². The van der Waals surface area contributed by atoms with Crippen LogP contribution in [0.15, 0.2) is 88.7 Å². The SMILES string of the molecule is COc1ccc(/C(=C(/Sc2ccc(C)cc2)C(=O)O)c2ccccc2)cc1. The Labute approximate surface area is 163 Å². The van der Waals surface area contributed by atoms with Crippen molar-refractivity contribution in [3.8, 4) is 5.75 Å². The molecule has 0 fully saturated rings. The molecule has 3 nitrogen and oxygen atoms in total. The maximum absolute atomic E-state index is 12.2. The Kier molecular flexibility index (Phi) is 5.99. The molecule has 3 rings (SSSR count). The summed E-state index contributed by atoms with van der Waals surface area (Å²) in [5.41, 5.74) is 3.52. The maximum Gasteiger partial charge on any atom is 0.343 e. The molecule has 0 unspecified atom stereocenters. The number of rotatable bonds is 6. The molecule has 3 aromatic rings. The predicted molar refractivity (Wildman–Crippen MR) is 110 cm³/mol. The van der Waals surface area contributed by atoms with Crippen molar-refractivity contribution in [2.45, 2.75) is 11.8 Å². The van der Waals surface area contributed by atoms with Gasteiger partial charge in [0.25, 0.3) is 0 Å². The fraction of sp³-hybridized carbons (Fsp3) is 0.0870. The number of hydrogen-bond acceptors (Lipinski definition) is 3. The summed E-state index contributed by atoms with van der Waals surface area (Å²) in [4.78, 5) is 13.4. The van der Waals surface area contributed by atoms with E-state index in [-0.39, 0.29) is 4.91 Å². The van der Waals surface area contributed by atoms with Crippen LogP contribution in [-0.4, -0.2) is 18.2 Å². The Morgan fingerprint density at radius 2 is 1.44 bits per heavy atom. The van der Waals surface area contributed by atoms with E-state index in [0.29, 0.717) is 5.57 Å². The summed E-state index contributed by atoms with van der Waals surface area (Å²) in [6, 6.07) is 24.9. The highest BCUT2D eigenvalue weighted by atomic mass is 32.2. The number of ether oxygens (including phenoxy) is 1. The summed E-state index contributed by atoms with van der Waals surface area (Å²) in [5.74, 6) is -0.218. The van der Waals surface area contributed by atoms with Crippen LogP contribution in [0.1, 0.15) is 16.7 Å². The van der Waals surface area contributed by atoms with Crippen molar-refractivity contribution < 1.29 is 14.6 Å². The normalized spacial score (nSPS) is 11.6. The fourth-order valence-electron chi connectivity index (χ4n) is 2.72. The van der Waals surface area contributed by atoms with Crippen molar-refractivity contribution in [3.63, 3.8) is 0 Å². The Hall–Kier alpha value is -2.98. The average Bonchev–Trinajstić information content (AvgIpc) is 2.70. The number of carboxylic acids is 1. The van der Waals surface area contributed by atoms with Gasteiger partial charge >= 0.3 is 5.97 Å². The summed E-state index contributed by atoms with van der Waals surface area (Å²) in [6.45, 7) is 2.01. The Morgan fingerprint density at radius 3 is 2.00 bits per heavy atom. The quantitative estimate of drug-likeness (QED) is 0.447. The van der Waals surface area contributed by atoms with Crippen molar-refractivity contribution in [2.75, 3.05) is 7.11 Å². The molecular formula is C23H20O3S. The lowest BCUT2D eigenvalue weighted by molar-refractivity contribution is -0.131. The lowest BCUT2D eigenvalue weighted by Gasteiger charge is -2.14.